The molecule has 19 rings (SSSR count). The van der Waals surface area contributed by atoms with E-state index in [1.807, 2.05) is 115 Å². The molecule has 0 fully saturated rings. The van der Waals surface area contributed by atoms with Crippen molar-refractivity contribution in [1.82, 2.24) is 8.75 Å². The number of rotatable bonds is 51. The van der Waals surface area contributed by atoms with Crippen molar-refractivity contribution in [3.05, 3.63) is 224 Å². The van der Waals surface area contributed by atoms with Crippen LogP contribution < -0.4 is 0 Å². The number of hydrogen-bond acceptors (Lipinski definition) is 19. The minimum Gasteiger partial charge on any atom is -0.288 e. The quantitative estimate of drug-likeness (QED) is 0.0350. The molecule has 0 amide bonds. The summed E-state index contributed by atoms with van der Waals surface area (Å²) in [6.07, 6.45) is 30.6. The minimum atomic E-state index is 0.0473. The monoisotopic (exact) mass is 2190 g/mol. The second kappa shape index (κ2) is 49.7. The summed E-state index contributed by atoms with van der Waals surface area (Å²) >= 11 is 28.0. The Kier molecular flexibility index (Phi) is 36.5. The molecule has 754 valence electrons. The number of aromatic nitrogens is 2. The summed E-state index contributed by atoms with van der Waals surface area (Å²) in [6, 6.07) is 71.3. The number of carbonyl (C=O) groups excluding carboxylic acids is 2. The third-order valence-corrected chi connectivity index (χ3v) is 47.9. The number of benzene rings is 7. The van der Waals surface area contributed by atoms with Crippen molar-refractivity contribution in [2.45, 2.75) is 283 Å². The fraction of sp³-hybridized carbons (Fsp3) is 0.397. The Morgan fingerprint density at radius 3 is 0.897 bits per heavy atom. The molecule has 4 nitrogen and oxygen atoms in total. The van der Waals surface area contributed by atoms with Crippen LogP contribution in [-0.2, 0) is 12.8 Å². The topological polar surface area (TPSA) is 59.9 Å². The molecule has 18 aromatic rings. The molecular weight excluding hydrogens is 2050 g/mol. The van der Waals surface area contributed by atoms with Crippen LogP contribution in [-0.4, -0.2) is 43.3 Å². The maximum absolute atomic E-state index is 16.4. The van der Waals surface area contributed by atoms with Gasteiger partial charge in [0.1, 0.15) is 11.0 Å². The highest BCUT2D eigenvalue weighted by molar-refractivity contribution is 8.00. The predicted molar refractivity (Wildman–Crippen MR) is 659 cm³/mol. The molecule has 19 heteroatoms. The van der Waals surface area contributed by atoms with E-state index in [9.17, 15) is 0 Å². The van der Waals surface area contributed by atoms with Crippen LogP contribution in [0.15, 0.2) is 202 Å². The lowest BCUT2D eigenvalue weighted by Crippen LogP contribution is -2.22. The van der Waals surface area contributed by atoms with E-state index in [2.05, 4.69) is 279 Å². The number of aryl methyl sites for hydroxylation is 2. The third kappa shape index (κ3) is 23.3. The first-order valence-corrected chi connectivity index (χ1v) is 66.8. The molecule has 0 radical (unpaired) electrons. The van der Waals surface area contributed by atoms with E-state index in [0.29, 0.717) is 57.8 Å². The number of ketones is 2. The van der Waals surface area contributed by atoms with Crippen molar-refractivity contribution < 1.29 is 9.59 Å². The van der Waals surface area contributed by atoms with Gasteiger partial charge in [-0.2, -0.15) is 8.75 Å². The first kappa shape index (κ1) is 107. The van der Waals surface area contributed by atoms with Gasteiger partial charge in [-0.1, -0.05) is 272 Å². The Morgan fingerprint density at radius 2 is 0.566 bits per heavy atom. The van der Waals surface area contributed by atoms with E-state index in [1.54, 1.807) is 45.3 Å². The lowest BCUT2D eigenvalue weighted by molar-refractivity contribution is 0.0980. The van der Waals surface area contributed by atoms with Crippen LogP contribution in [0.3, 0.4) is 0 Å². The molecule has 0 saturated carbocycles. The molecule has 0 N–H and O–H groups in total. The molecule has 7 aromatic carbocycles. The highest BCUT2D eigenvalue weighted by atomic mass is 32.2. The van der Waals surface area contributed by atoms with Crippen molar-refractivity contribution >= 4 is 235 Å². The van der Waals surface area contributed by atoms with Gasteiger partial charge in [-0.3, -0.25) is 9.59 Å². The zero-order valence-electron chi connectivity index (χ0n) is 86.8. The summed E-state index contributed by atoms with van der Waals surface area (Å²) in [7, 11) is 0. The van der Waals surface area contributed by atoms with Crippen molar-refractivity contribution in [1.29, 1.82) is 0 Å². The number of unbranched alkanes of at least 4 members (excludes halogenated alkanes) is 6. The van der Waals surface area contributed by atoms with Gasteiger partial charge >= 0.3 is 0 Å². The number of carbonyl (C=O) groups is 2. The van der Waals surface area contributed by atoms with E-state index in [4.69, 9.17) is 8.75 Å². The third-order valence-electron chi connectivity index (χ3n) is 30.2. The Hall–Kier alpha value is -6.86. The van der Waals surface area contributed by atoms with Gasteiger partial charge in [0.25, 0.3) is 0 Å². The Balaban J connectivity index is 0.715. The summed E-state index contributed by atoms with van der Waals surface area (Å²) in [6.45, 7) is 32.4. The Bertz CT molecular complexity index is 7320. The van der Waals surface area contributed by atoms with Crippen LogP contribution in [0.1, 0.15) is 289 Å². The highest BCUT2D eigenvalue weighted by Crippen LogP contribution is 2.60. The van der Waals surface area contributed by atoms with E-state index >= 15 is 9.59 Å². The molecule has 11 aromatic heterocycles. The minimum absolute atomic E-state index is 0.0473. The zero-order chi connectivity index (χ0) is 100. The van der Waals surface area contributed by atoms with Gasteiger partial charge in [0.05, 0.1) is 32.6 Å². The largest absolute Gasteiger partial charge is 0.288 e. The van der Waals surface area contributed by atoms with Gasteiger partial charge in [-0.25, -0.2) is 0 Å². The molecule has 0 aliphatic heterocycles. The maximum atomic E-state index is 16.4. The van der Waals surface area contributed by atoms with Gasteiger partial charge in [0.15, 0.2) is 11.6 Å². The summed E-state index contributed by atoms with van der Waals surface area (Å²) in [4.78, 5) is 56.5. The summed E-state index contributed by atoms with van der Waals surface area (Å²) in [5.41, 5.74) is 17.1. The van der Waals surface area contributed by atoms with Gasteiger partial charge in [0, 0.05) is 196 Å². The molecule has 0 saturated heterocycles. The second-order valence-corrected chi connectivity index (χ2v) is 56.4. The average molecular weight is 2190 g/mol. The van der Waals surface area contributed by atoms with Gasteiger partial charge in [0.2, 0.25) is 0 Å². The summed E-state index contributed by atoms with van der Waals surface area (Å²) < 4.78 is 15.8. The van der Waals surface area contributed by atoms with Crippen LogP contribution >= 0.6 is 172 Å². The lowest BCUT2D eigenvalue weighted by atomic mass is 9.81. The van der Waals surface area contributed by atoms with Crippen molar-refractivity contribution in [3.63, 3.8) is 0 Å². The molecule has 0 spiro atoms. The standard InChI is InChI=1S/C126H138N2O2S15/c1-15-27-37-77(21-7)62-107-113-114(108(140-107)63-78(22-8)38-28-16-2)120(130)116-115(119(113)129)125(102-54-51-75(13)135-102)144-126(116)103-60-59-101(139-103)106-70-96-112(86-46-36-50-90(67-86)134-74-82(26-12)42-32-20-6)123-95(111(124(96)143-106)85-45-35-49-89(66-85)133-73-81(25-11)41-31-19-5)69-105(142-123)100-58-56-98(138-100)92-53-52-91(117-118(92)128-145-127-117)97-55-57-99(137-97)104-68-94-110(84-44-34-48-88(65-84)132-72-80(24-10)40-30-18-4)121-93(61-76(14)136-121)109(122(94)141-104)83-43-33-47-87(64-83)131-71-79(23-9)39-29-17-3/h33-36,43-61,64-70,77-82H,15-32,37-42,62-63,71-74H2,1-14H3. The first-order chi connectivity index (χ1) is 71.0. The van der Waals surface area contributed by atoms with Crippen molar-refractivity contribution in [2.24, 2.45) is 35.5 Å². The van der Waals surface area contributed by atoms with Gasteiger partial charge in [-0.15, -0.1) is 160 Å². The maximum Gasteiger partial charge on any atom is 0.197 e. The molecule has 145 heavy (non-hydrogen) atoms. The lowest BCUT2D eigenvalue weighted by Gasteiger charge is -2.19. The summed E-state index contributed by atoms with van der Waals surface area (Å²) in [5.74, 6) is 8.22. The fourth-order valence-corrected chi connectivity index (χ4v) is 38.9. The van der Waals surface area contributed by atoms with Crippen LogP contribution in [0.2, 0.25) is 0 Å². The second-order valence-electron chi connectivity index (χ2n) is 40.3. The van der Waals surface area contributed by atoms with E-state index < -0.39 is 0 Å². The van der Waals surface area contributed by atoms with Crippen molar-refractivity contribution in [2.75, 3.05) is 23.0 Å². The normalized spacial score (nSPS) is 13.7. The molecular formula is C126H138N2O2S15. The van der Waals surface area contributed by atoms with E-state index in [0.717, 1.165) is 144 Å². The van der Waals surface area contributed by atoms with Crippen LogP contribution in [0, 0.1) is 49.4 Å². The summed E-state index contributed by atoms with van der Waals surface area (Å²) in [5, 5.41) is 5.22. The molecule has 6 unspecified atom stereocenters. The highest BCUT2D eigenvalue weighted by Gasteiger charge is 2.43. The number of thiophene rings is 10. The zero-order valence-corrected chi connectivity index (χ0v) is 99.1. The van der Waals surface area contributed by atoms with Crippen molar-refractivity contribution in [3.8, 4) is 114 Å². The molecule has 6 atom stereocenters. The van der Waals surface area contributed by atoms with E-state index in [-0.39, 0.29) is 11.6 Å². The number of hydrogen-bond donors (Lipinski definition) is 0. The molecule has 11 heterocycles. The fourth-order valence-electron chi connectivity index (χ4n) is 21.4. The van der Waals surface area contributed by atoms with Gasteiger partial charge in [-0.05, 0) is 231 Å². The molecule has 0 bridgehead atoms. The SMILES string of the molecule is CCCCC(CC)CSc1cccc(-c2c3cc(-c4ccc(-c5ccc(-c6ccc(-c7cc8c(-c9cccc(SCC(CC)CCCC)c9)c9sc(-c%10ccc(-c%11sc(-c%12ccc(C)s%12)c%12c%11C(=O)c%11c(CC(CC)CCCC)sc(CC(CC)CCCC)c%11C%12=O)s%10)cc9c(-c9cccc(SCC(CC)CCCC)c9)c8s7)s6)c6nsnc56)s4)sc3c(-c3cccc(SCC(CC)CCCC)c3)c3cc(C)sc23)c1. The molecule has 1 aliphatic rings. The average Bonchev–Trinajstić information content (AvgIpc) is 1.55. The van der Waals surface area contributed by atoms with Crippen LogP contribution in [0.25, 0.3) is 166 Å². The van der Waals surface area contributed by atoms with Crippen LogP contribution in [0.5, 0.6) is 0 Å². The predicted octanol–water partition coefficient (Wildman–Crippen LogP) is 45.4. The number of fused-ring (bicyclic) bond motifs is 7. The van der Waals surface area contributed by atoms with E-state index in [1.165, 1.54) is 263 Å². The smallest absolute Gasteiger partial charge is 0.197 e. The molecule has 1 aliphatic carbocycles. The Morgan fingerprint density at radius 1 is 0.262 bits per heavy atom. The Labute approximate surface area is 923 Å². The first-order valence-electron chi connectivity index (χ1n) is 54.0. The number of thioether (sulfide) groups is 4. The van der Waals surface area contributed by atoms with Crippen LogP contribution in [0.4, 0.5) is 0 Å². The van der Waals surface area contributed by atoms with Gasteiger partial charge < -0.3 is 0 Å². The number of nitrogens with zero attached hydrogens (tertiary/aromatic N) is 2.